The first kappa shape index (κ1) is 24.3. The molecule has 0 spiro atoms. The number of hydrogen-bond donors (Lipinski definition) is 2. The van der Waals surface area contributed by atoms with Gasteiger partial charge in [0.15, 0.2) is 0 Å². The smallest absolute Gasteiger partial charge is 0.248 e. The Morgan fingerprint density at radius 2 is 2.00 bits per heavy atom. The van der Waals surface area contributed by atoms with Crippen LogP contribution in [0.2, 0.25) is 0 Å². The van der Waals surface area contributed by atoms with Gasteiger partial charge >= 0.3 is 0 Å². The van der Waals surface area contributed by atoms with Gasteiger partial charge < -0.3 is 4.74 Å². The quantitative estimate of drug-likeness (QED) is 0.333. The van der Waals surface area contributed by atoms with Crippen molar-refractivity contribution in [1.29, 1.82) is 0 Å². The molecule has 2 heterocycles. The Morgan fingerprint density at radius 3 is 2.82 bits per heavy atom. The minimum Gasteiger partial charge on any atom is -0.491 e. The number of para-hydroxylation sites is 2. The highest BCUT2D eigenvalue weighted by Gasteiger charge is 2.33. The van der Waals surface area contributed by atoms with Gasteiger partial charge in [0.05, 0.1) is 34.7 Å². The van der Waals surface area contributed by atoms with Crippen LogP contribution in [0.15, 0.2) is 71.0 Å². The third kappa shape index (κ3) is 5.14. The van der Waals surface area contributed by atoms with Gasteiger partial charge in [-0.1, -0.05) is 55.0 Å². The number of carbonyl (C=O) groups excluding carboxylic acids is 1. The molecule has 1 aliphatic heterocycles. The molecule has 1 aliphatic carbocycles. The van der Waals surface area contributed by atoms with Crippen molar-refractivity contribution in [3.8, 4) is 5.75 Å². The first-order valence-corrected chi connectivity index (χ1v) is 12.1. The van der Waals surface area contributed by atoms with Crippen LogP contribution in [0.4, 0.5) is 11.4 Å². The zero-order valence-corrected chi connectivity index (χ0v) is 20.6. The summed E-state index contributed by atoms with van der Waals surface area (Å²) in [5, 5.41) is -0.667. The van der Waals surface area contributed by atoms with E-state index in [0.717, 1.165) is 6.42 Å². The number of halogens is 3. The molecule has 0 bridgehead atoms. The van der Waals surface area contributed by atoms with Crippen molar-refractivity contribution in [2.75, 3.05) is 12.0 Å². The minimum atomic E-state index is -0.709. The Labute approximate surface area is 213 Å². The lowest BCUT2D eigenvalue weighted by molar-refractivity contribution is -0.122. The van der Waals surface area contributed by atoms with Crippen LogP contribution in [-0.4, -0.2) is 29.1 Å². The highest BCUT2D eigenvalue weighted by molar-refractivity contribution is 6.41. The maximum atomic E-state index is 13.0. The van der Waals surface area contributed by atoms with Gasteiger partial charge in [0.1, 0.15) is 5.75 Å². The number of fused-ring (bicyclic) bond motifs is 1. The van der Waals surface area contributed by atoms with Gasteiger partial charge in [0.2, 0.25) is 5.91 Å². The fourth-order valence-electron chi connectivity index (χ4n) is 3.60. The number of allylic oxidation sites excluding steroid dienone is 6. The Bertz CT molecular complexity index is 1190. The number of hydrazine groups is 1. The molecule has 1 amide bonds. The molecule has 34 heavy (non-hydrogen) atoms. The number of rotatable bonds is 7. The zero-order chi connectivity index (χ0) is 24.1. The second kappa shape index (κ2) is 11.1. The molecule has 1 aromatic heterocycles. The molecule has 2 N–H and O–H groups in total. The highest BCUT2D eigenvalue weighted by atomic mass is 35.5. The molecule has 3 atom stereocenters. The molecule has 2 aliphatic rings. The summed E-state index contributed by atoms with van der Waals surface area (Å²) >= 11 is 19.6. The lowest BCUT2D eigenvalue weighted by Crippen LogP contribution is -2.38. The number of amides is 1. The van der Waals surface area contributed by atoms with E-state index in [0.29, 0.717) is 45.5 Å². The Morgan fingerprint density at radius 1 is 1.18 bits per heavy atom. The maximum Gasteiger partial charge on any atom is 0.248 e. The van der Waals surface area contributed by atoms with E-state index >= 15 is 0 Å². The number of anilines is 1. The van der Waals surface area contributed by atoms with Gasteiger partial charge in [-0.25, -0.2) is 0 Å². The molecule has 176 valence electrons. The third-order valence-electron chi connectivity index (χ3n) is 5.34. The third-order valence-corrected chi connectivity index (χ3v) is 6.76. The van der Waals surface area contributed by atoms with Crippen LogP contribution in [0.25, 0.3) is 5.57 Å². The van der Waals surface area contributed by atoms with Gasteiger partial charge in [-0.3, -0.25) is 25.6 Å². The van der Waals surface area contributed by atoms with Crippen LogP contribution < -0.4 is 15.6 Å². The molecular weight excluding hydrogens is 495 g/mol. The topological polar surface area (TPSA) is 75.6 Å². The zero-order valence-electron chi connectivity index (χ0n) is 18.3. The number of ether oxygens (including phenoxy) is 1. The fraction of sp³-hybridized carbons (Fsp3) is 0.240. The average molecular weight is 518 g/mol. The number of nitrogens with one attached hydrogen (secondary N) is 2. The molecule has 4 rings (SSSR count). The van der Waals surface area contributed by atoms with Crippen molar-refractivity contribution in [1.82, 2.24) is 10.4 Å². The molecule has 0 fully saturated rings. The molecule has 3 unspecified atom stereocenters. The second-order valence-corrected chi connectivity index (χ2v) is 9.04. The van der Waals surface area contributed by atoms with Crippen LogP contribution in [0.3, 0.4) is 0 Å². The summed E-state index contributed by atoms with van der Waals surface area (Å²) in [7, 11) is 0. The number of pyridine rings is 1. The number of aliphatic imine (C=N–C) groups is 1. The number of alkyl halides is 2. The van der Waals surface area contributed by atoms with Gasteiger partial charge in [0, 0.05) is 40.3 Å². The highest BCUT2D eigenvalue weighted by Crippen LogP contribution is 2.44. The van der Waals surface area contributed by atoms with Crippen molar-refractivity contribution in [3.63, 3.8) is 0 Å². The summed E-state index contributed by atoms with van der Waals surface area (Å²) in [6.07, 6.45) is 13.1. The number of aromatic nitrogens is 1. The predicted molar refractivity (Wildman–Crippen MR) is 139 cm³/mol. The van der Waals surface area contributed by atoms with E-state index < -0.39 is 16.7 Å². The van der Waals surface area contributed by atoms with Gasteiger partial charge in [0.25, 0.3) is 0 Å². The van der Waals surface area contributed by atoms with Crippen LogP contribution in [0, 0.1) is 5.92 Å². The molecule has 0 saturated carbocycles. The van der Waals surface area contributed by atoms with Crippen molar-refractivity contribution in [2.24, 2.45) is 10.9 Å². The van der Waals surface area contributed by atoms with E-state index in [-0.39, 0.29) is 5.91 Å². The van der Waals surface area contributed by atoms with Crippen molar-refractivity contribution in [2.45, 2.75) is 24.1 Å². The van der Waals surface area contributed by atoms with Crippen LogP contribution in [0.1, 0.15) is 29.8 Å². The standard InChI is InChI=1S/C25H23Cl3N4O2/c1-2-11-34-21-10-6-5-9-20(21)31-32-25(33)18-14-30-24-16(12-29-13-17(24)22(18)27)15-7-3-4-8-19(26)23(15)28/h3-10,12-14,18-19,22,31H,2,11H2,1H3,(H,32,33). The van der Waals surface area contributed by atoms with E-state index in [1.165, 1.54) is 0 Å². The van der Waals surface area contributed by atoms with Crippen molar-refractivity contribution in [3.05, 3.63) is 77.1 Å². The van der Waals surface area contributed by atoms with Crippen LogP contribution in [-0.2, 0) is 4.79 Å². The number of benzene rings is 1. The van der Waals surface area contributed by atoms with Crippen LogP contribution >= 0.6 is 34.8 Å². The van der Waals surface area contributed by atoms with Crippen molar-refractivity contribution < 1.29 is 9.53 Å². The summed E-state index contributed by atoms with van der Waals surface area (Å²) in [5.41, 5.74) is 8.97. The summed E-state index contributed by atoms with van der Waals surface area (Å²) in [4.78, 5) is 21.9. The molecule has 0 radical (unpaired) electrons. The van der Waals surface area contributed by atoms with E-state index in [1.54, 1.807) is 24.7 Å². The first-order valence-electron chi connectivity index (χ1n) is 10.8. The molecule has 1 aromatic carbocycles. The lowest BCUT2D eigenvalue weighted by atomic mass is 9.92. The Kier molecular flexibility index (Phi) is 7.93. The van der Waals surface area contributed by atoms with E-state index in [2.05, 4.69) is 20.8 Å². The molecular formula is C25H23Cl3N4O2. The minimum absolute atomic E-state index is 0.332. The number of hydrogen-bond acceptors (Lipinski definition) is 5. The number of carbonyl (C=O) groups is 1. The molecule has 9 heteroatoms. The summed E-state index contributed by atoms with van der Waals surface area (Å²) < 4.78 is 5.72. The maximum absolute atomic E-state index is 13.0. The molecule has 0 saturated heterocycles. The molecule has 6 nitrogen and oxygen atoms in total. The predicted octanol–water partition coefficient (Wildman–Crippen LogP) is 6.31. The molecule has 2 aromatic rings. The Balaban J connectivity index is 1.54. The normalized spacial score (nSPS) is 21.1. The average Bonchev–Trinajstić information content (AvgIpc) is 3.02. The lowest BCUT2D eigenvalue weighted by Gasteiger charge is -2.25. The van der Waals surface area contributed by atoms with E-state index in [9.17, 15) is 4.79 Å². The summed E-state index contributed by atoms with van der Waals surface area (Å²) in [5.74, 6) is -0.391. The first-order chi connectivity index (χ1) is 16.5. The summed E-state index contributed by atoms with van der Waals surface area (Å²) in [6, 6.07) is 7.38. The second-order valence-electron chi connectivity index (χ2n) is 7.70. The summed E-state index contributed by atoms with van der Waals surface area (Å²) in [6.45, 7) is 2.61. The monoisotopic (exact) mass is 516 g/mol. The van der Waals surface area contributed by atoms with E-state index in [1.807, 2.05) is 49.4 Å². The van der Waals surface area contributed by atoms with Gasteiger partial charge in [-0.2, -0.15) is 0 Å². The van der Waals surface area contributed by atoms with Crippen molar-refractivity contribution >= 4 is 63.9 Å². The Hall–Kier alpha value is -2.80. The number of nitrogens with zero attached hydrogens (tertiary/aromatic N) is 2. The van der Waals surface area contributed by atoms with Gasteiger partial charge in [-0.15, -0.1) is 23.2 Å². The van der Waals surface area contributed by atoms with Gasteiger partial charge in [-0.05, 0) is 18.6 Å². The fourth-order valence-corrected chi connectivity index (χ4v) is 4.38. The van der Waals surface area contributed by atoms with Crippen LogP contribution in [0.5, 0.6) is 5.75 Å². The largest absolute Gasteiger partial charge is 0.491 e. The van der Waals surface area contributed by atoms with E-state index in [4.69, 9.17) is 39.5 Å². The SMILES string of the molecule is CCCOc1ccccc1NNC(=O)C1C=Nc2c(C3=C(Cl)C(Cl)C=CC=C3)cncc2C1Cl.